The van der Waals surface area contributed by atoms with Crippen LogP contribution in [-0.2, 0) is 0 Å². The fourth-order valence-electron chi connectivity index (χ4n) is 4.35. The summed E-state index contributed by atoms with van der Waals surface area (Å²) in [5.41, 5.74) is 14.6. The van der Waals surface area contributed by atoms with Crippen molar-refractivity contribution in [2.75, 3.05) is 13.7 Å². The Morgan fingerprint density at radius 1 is 0.769 bits per heavy atom. The van der Waals surface area contributed by atoms with Gasteiger partial charge in [0, 0.05) is 30.9 Å². The predicted molar refractivity (Wildman–Crippen MR) is 112 cm³/mol. The lowest BCUT2D eigenvalue weighted by Gasteiger charge is -2.17. The molecule has 1 aromatic rings. The first-order chi connectivity index (χ1) is 12.1. The van der Waals surface area contributed by atoms with Crippen molar-refractivity contribution in [3.63, 3.8) is 0 Å². The molecular formula is C23H33N3+2. The molecule has 26 heavy (non-hydrogen) atoms. The molecule has 3 heteroatoms. The summed E-state index contributed by atoms with van der Waals surface area (Å²) in [5.74, 6) is 0.394. The SMILES string of the molecule is CC1=C2N=C(/C(C)=[N+](/C)C[N+](c3c(C)c(C)c(C)c(C)c3C)=C2C)C1C. The van der Waals surface area contributed by atoms with Crippen molar-refractivity contribution in [3.8, 4) is 0 Å². The highest BCUT2D eigenvalue weighted by Crippen LogP contribution is 2.35. The minimum absolute atomic E-state index is 0.394. The van der Waals surface area contributed by atoms with E-state index in [1.807, 2.05) is 0 Å². The van der Waals surface area contributed by atoms with Gasteiger partial charge in [0.1, 0.15) is 18.5 Å². The van der Waals surface area contributed by atoms with Gasteiger partial charge in [-0.05, 0) is 63.8 Å². The van der Waals surface area contributed by atoms with Crippen LogP contribution < -0.4 is 0 Å². The van der Waals surface area contributed by atoms with E-state index < -0.39 is 0 Å². The molecule has 138 valence electrons. The summed E-state index contributed by atoms with van der Waals surface area (Å²) in [6, 6.07) is 0. The number of hydrogen-bond acceptors (Lipinski definition) is 1. The number of rotatable bonds is 1. The first-order valence-electron chi connectivity index (χ1n) is 9.60. The number of allylic oxidation sites excluding steroid dienone is 2. The van der Waals surface area contributed by atoms with Gasteiger partial charge >= 0.3 is 6.67 Å². The van der Waals surface area contributed by atoms with Crippen LogP contribution in [0.2, 0.25) is 0 Å². The van der Waals surface area contributed by atoms with Crippen LogP contribution >= 0.6 is 0 Å². The molecule has 0 saturated heterocycles. The largest absolute Gasteiger partial charge is 0.339 e. The normalized spacial score (nSPS) is 23.5. The van der Waals surface area contributed by atoms with Crippen molar-refractivity contribution < 1.29 is 9.15 Å². The number of benzene rings is 1. The second kappa shape index (κ2) is 6.29. The molecular weight excluding hydrogens is 318 g/mol. The fourth-order valence-corrected chi connectivity index (χ4v) is 4.35. The van der Waals surface area contributed by atoms with E-state index in [1.54, 1.807) is 0 Å². The van der Waals surface area contributed by atoms with E-state index >= 15 is 0 Å². The highest BCUT2D eigenvalue weighted by atomic mass is 15.2. The first-order valence-corrected chi connectivity index (χ1v) is 9.60. The topological polar surface area (TPSA) is 18.4 Å². The van der Waals surface area contributed by atoms with Crippen molar-refractivity contribution in [2.45, 2.75) is 62.3 Å². The van der Waals surface area contributed by atoms with Crippen LogP contribution in [0.1, 0.15) is 55.5 Å². The lowest BCUT2D eigenvalue weighted by Crippen LogP contribution is -2.33. The zero-order valence-electron chi connectivity index (χ0n) is 18.1. The summed E-state index contributed by atoms with van der Waals surface area (Å²) in [4.78, 5) is 5.06. The van der Waals surface area contributed by atoms with Gasteiger partial charge in [-0.1, -0.05) is 6.92 Å². The van der Waals surface area contributed by atoms with E-state index in [0.29, 0.717) is 5.92 Å². The molecule has 0 amide bonds. The number of aliphatic imine (C=N–C) groups is 1. The molecule has 2 bridgehead atoms. The summed E-state index contributed by atoms with van der Waals surface area (Å²) in [7, 11) is 2.18. The third-order valence-corrected chi connectivity index (χ3v) is 6.94. The van der Waals surface area contributed by atoms with Crippen LogP contribution in [0.15, 0.2) is 16.3 Å². The minimum Gasteiger partial charge on any atom is -0.240 e. The van der Waals surface area contributed by atoms with Gasteiger partial charge in [0.15, 0.2) is 5.71 Å². The van der Waals surface area contributed by atoms with Gasteiger partial charge in [-0.25, -0.2) is 4.99 Å². The maximum Gasteiger partial charge on any atom is 0.339 e. The van der Waals surface area contributed by atoms with E-state index in [1.165, 1.54) is 61.9 Å². The van der Waals surface area contributed by atoms with Gasteiger partial charge in [-0.2, -0.15) is 4.58 Å². The smallest absolute Gasteiger partial charge is 0.240 e. The molecule has 1 unspecified atom stereocenters. The maximum atomic E-state index is 5.06. The van der Waals surface area contributed by atoms with Crippen molar-refractivity contribution >= 4 is 22.8 Å². The van der Waals surface area contributed by atoms with Crippen LogP contribution in [0.4, 0.5) is 5.69 Å². The van der Waals surface area contributed by atoms with E-state index in [4.69, 9.17) is 4.99 Å². The number of fused-ring (bicyclic) bond motifs is 1. The second-order valence-corrected chi connectivity index (χ2v) is 8.16. The first kappa shape index (κ1) is 18.8. The van der Waals surface area contributed by atoms with Crippen molar-refractivity contribution in [2.24, 2.45) is 10.9 Å². The molecule has 0 aliphatic carbocycles. The van der Waals surface area contributed by atoms with Gasteiger partial charge in [0.2, 0.25) is 11.4 Å². The predicted octanol–water partition coefficient (Wildman–Crippen LogP) is 4.77. The van der Waals surface area contributed by atoms with Crippen molar-refractivity contribution in [3.05, 3.63) is 39.1 Å². The maximum absolute atomic E-state index is 5.06. The molecule has 1 aromatic carbocycles. The molecule has 3 rings (SSSR count). The Labute approximate surface area is 158 Å². The lowest BCUT2D eigenvalue weighted by atomic mass is 9.92. The summed E-state index contributed by atoms with van der Waals surface area (Å²) >= 11 is 0. The Kier molecular flexibility index (Phi) is 4.54. The Balaban J connectivity index is 2.39. The molecule has 0 spiro atoms. The highest BCUT2D eigenvalue weighted by molar-refractivity contribution is 6.42. The average Bonchev–Trinajstić information content (AvgIpc) is 2.91. The Bertz CT molecular complexity index is 923. The molecule has 3 nitrogen and oxygen atoms in total. The third kappa shape index (κ3) is 2.52. The van der Waals surface area contributed by atoms with Gasteiger partial charge in [-0.3, -0.25) is 0 Å². The van der Waals surface area contributed by atoms with Crippen LogP contribution in [0, 0.1) is 40.5 Å². The molecule has 0 aromatic heterocycles. The van der Waals surface area contributed by atoms with Crippen molar-refractivity contribution in [1.82, 2.24) is 0 Å². The highest BCUT2D eigenvalue weighted by Gasteiger charge is 2.37. The quantitative estimate of drug-likeness (QED) is 0.649. The molecule has 0 saturated carbocycles. The standard InChI is InChI=1S/C23H33N3/c1-12-13(2)17(6)23(18(7)14(12)3)26-11-25(10)19(8)21-15(4)16(5)22(24-21)20(26)9/h15H,11H2,1-10H3/q+2/b25-19-,26-20?. The van der Waals surface area contributed by atoms with Crippen LogP contribution in [0.25, 0.3) is 0 Å². The van der Waals surface area contributed by atoms with Crippen LogP contribution in [-0.4, -0.2) is 40.0 Å². The van der Waals surface area contributed by atoms with E-state index in [9.17, 15) is 0 Å². The minimum atomic E-state index is 0.394. The molecule has 1 atom stereocenters. The van der Waals surface area contributed by atoms with Gasteiger partial charge < -0.3 is 0 Å². The zero-order chi connectivity index (χ0) is 19.5. The molecule has 0 radical (unpaired) electrons. The average molecular weight is 352 g/mol. The Morgan fingerprint density at radius 2 is 1.27 bits per heavy atom. The van der Waals surface area contributed by atoms with E-state index in [2.05, 4.69) is 78.5 Å². The third-order valence-electron chi connectivity index (χ3n) is 6.94. The summed E-state index contributed by atoms with van der Waals surface area (Å²) in [6.45, 7) is 21.1. The summed E-state index contributed by atoms with van der Waals surface area (Å²) in [5, 5.41) is 0. The Morgan fingerprint density at radius 3 is 1.81 bits per heavy atom. The van der Waals surface area contributed by atoms with Crippen molar-refractivity contribution in [1.29, 1.82) is 0 Å². The lowest BCUT2D eigenvalue weighted by molar-refractivity contribution is -0.680. The van der Waals surface area contributed by atoms with Gasteiger partial charge in [-0.15, -0.1) is 4.58 Å². The number of hydrogen-bond donors (Lipinski definition) is 0. The van der Waals surface area contributed by atoms with E-state index in [-0.39, 0.29) is 0 Å². The molecule has 2 heterocycles. The fraction of sp³-hybridized carbons (Fsp3) is 0.522. The molecule has 0 fully saturated rings. The van der Waals surface area contributed by atoms with Crippen LogP contribution in [0.3, 0.4) is 0 Å². The second-order valence-electron chi connectivity index (χ2n) is 8.16. The molecule has 2 aliphatic rings. The van der Waals surface area contributed by atoms with E-state index in [0.717, 1.165) is 6.67 Å². The van der Waals surface area contributed by atoms with Crippen LogP contribution in [0.5, 0.6) is 0 Å². The summed E-state index contributed by atoms with van der Waals surface area (Å²) in [6.07, 6.45) is 0. The van der Waals surface area contributed by atoms with Gasteiger partial charge in [0.05, 0.1) is 0 Å². The monoisotopic (exact) mass is 351 g/mol. The number of nitrogens with zero attached hydrogens (tertiary/aromatic N) is 3. The molecule has 0 N–H and O–H groups in total. The Hall–Kier alpha value is -2.03. The zero-order valence-corrected chi connectivity index (χ0v) is 18.1. The summed E-state index contributed by atoms with van der Waals surface area (Å²) < 4.78 is 4.82. The molecule has 2 aliphatic heterocycles. The van der Waals surface area contributed by atoms with Gasteiger partial charge in [0.25, 0.3) is 0 Å².